The SMILES string of the molecule is CC1(C)[C@H]2CC[C@@]1(CS(=O)(=O)NC[C@@H](O)c1csc3ccccc13)C(=O)C2. The summed E-state index contributed by atoms with van der Waals surface area (Å²) in [6.45, 7) is 3.96. The molecule has 0 amide bonds. The number of aliphatic hydroxyl groups excluding tert-OH is 1. The molecule has 1 aromatic heterocycles. The van der Waals surface area contributed by atoms with Crippen LogP contribution in [0.25, 0.3) is 10.1 Å². The number of ketones is 1. The van der Waals surface area contributed by atoms with Crippen molar-refractivity contribution < 1.29 is 18.3 Å². The highest BCUT2D eigenvalue weighted by molar-refractivity contribution is 7.89. The molecule has 7 heteroatoms. The van der Waals surface area contributed by atoms with Crippen molar-refractivity contribution in [3.8, 4) is 0 Å². The largest absolute Gasteiger partial charge is 0.387 e. The van der Waals surface area contributed by atoms with Gasteiger partial charge in [0.05, 0.1) is 11.9 Å². The number of aliphatic hydroxyl groups is 1. The number of Topliss-reactive ketones (excluding diaryl/α,β-unsaturated/α-hetero) is 1. The number of sulfonamides is 1. The van der Waals surface area contributed by atoms with Crippen LogP contribution in [0.1, 0.15) is 44.8 Å². The van der Waals surface area contributed by atoms with Gasteiger partial charge < -0.3 is 5.11 Å². The zero-order valence-corrected chi connectivity index (χ0v) is 17.2. The second kappa shape index (κ2) is 6.37. The molecular formula is C20H25NO4S2. The van der Waals surface area contributed by atoms with Crippen molar-refractivity contribution in [3.63, 3.8) is 0 Å². The van der Waals surface area contributed by atoms with Gasteiger partial charge in [0.25, 0.3) is 0 Å². The molecule has 0 unspecified atom stereocenters. The number of hydrogen-bond acceptors (Lipinski definition) is 5. The molecule has 27 heavy (non-hydrogen) atoms. The predicted octanol–water partition coefficient (Wildman–Crippen LogP) is 3.25. The second-order valence-electron chi connectivity index (χ2n) is 8.48. The fourth-order valence-electron chi connectivity index (χ4n) is 5.06. The van der Waals surface area contributed by atoms with Crippen LogP contribution in [0.4, 0.5) is 0 Å². The summed E-state index contributed by atoms with van der Waals surface area (Å²) in [6.07, 6.45) is 1.13. The summed E-state index contributed by atoms with van der Waals surface area (Å²) in [4.78, 5) is 12.6. The average molecular weight is 408 g/mol. The maximum absolute atomic E-state index is 12.8. The van der Waals surface area contributed by atoms with Gasteiger partial charge in [-0.05, 0) is 41.0 Å². The molecule has 3 atom stereocenters. The van der Waals surface area contributed by atoms with Crippen molar-refractivity contribution >= 4 is 37.2 Å². The van der Waals surface area contributed by atoms with E-state index < -0.39 is 21.5 Å². The molecule has 2 aromatic rings. The molecule has 146 valence electrons. The molecule has 2 aliphatic rings. The first kappa shape index (κ1) is 19.1. The molecule has 5 nitrogen and oxygen atoms in total. The summed E-state index contributed by atoms with van der Waals surface area (Å²) in [5.41, 5.74) is -0.348. The van der Waals surface area contributed by atoms with Crippen LogP contribution >= 0.6 is 11.3 Å². The molecule has 0 aliphatic heterocycles. The second-order valence-corrected chi connectivity index (χ2v) is 11.2. The molecule has 2 fully saturated rings. The molecule has 0 saturated heterocycles. The Bertz CT molecular complexity index is 994. The summed E-state index contributed by atoms with van der Waals surface area (Å²) < 4.78 is 29.1. The smallest absolute Gasteiger partial charge is 0.212 e. The van der Waals surface area contributed by atoms with E-state index in [1.807, 2.05) is 43.5 Å². The summed E-state index contributed by atoms with van der Waals surface area (Å²) in [6, 6.07) is 7.74. The Hall–Kier alpha value is -1.28. The third kappa shape index (κ3) is 2.95. The van der Waals surface area contributed by atoms with Crippen molar-refractivity contribution in [2.75, 3.05) is 12.3 Å². The number of hydrogen-bond donors (Lipinski definition) is 2. The predicted molar refractivity (Wildman–Crippen MR) is 107 cm³/mol. The van der Waals surface area contributed by atoms with Gasteiger partial charge in [0.1, 0.15) is 5.78 Å². The molecule has 4 rings (SSSR count). The Kier molecular flexibility index (Phi) is 4.50. The van der Waals surface area contributed by atoms with Gasteiger partial charge in [0, 0.05) is 28.6 Å². The van der Waals surface area contributed by atoms with Crippen LogP contribution in [0.15, 0.2) is 29.6 Å². The van der Waals surface area contributed by atoms with Crippen molar-refractivity contribution in [3.05, 3.63) is 35.2 Å². The first-order valence-corrected chi connectivity index (χ1v) is 11.8. The van der Waals surface area contributed by atoms with Crippen molar-refractivity contribution in [2.45, 2.75) is 39.2 Å². The van der Waals surface area contributed by atoms with E-state index in [9.17, 15) is 18.3 Å². The van der Waals surface area contributed by atoms with E-state index in [-0.39, 0.29) is 29.4 Å². The van der Waals surface area contributed by atoms with Crippen molar-refractivity contribution in [1.82, 2.24) is 4.72 Å². The molecule has 2 aliphatic carbocycles. The van der Waals surface area contributed by atoms with E-state index in [1.54, 1.807) is 0 Å². The van der Waals surface area contributed by atoms with E-state index in [0.29, 0.717) is 12.8 Å². The van der Waals surface area contributed by atoms with Crippen LogP contribution in [-0.2, 0) is 14.8 Å². The standard InChI is InChI=1S/C20H25NO4S2/c1-19(2)13-7-8-20(19,18(23)9-13)12-27(24,25)21-10-16(22)15-11-26-17-6-4-3-5-14(15)17/h3-6,11,13,16,21-22H,7-10,12H2,1-2H3/t13-,16+,20+/m0/s1. The Morgan fingerprint density at radius 3 is 2.74 bits per heavy atom. The first-order chi connectivity index (χ1) is 12.7. The zero-order chi connectivity index (χ0) is 19.4. The number of carbonyl (C=O) groups excluding carboxylic acids is 1. The number of fused-ring (bicyclic) bond motifs is 3. The minimum atomic E-state index is -3.68. The monoisotopic (exact) mass is 407 g/mol. The molecule has 1 heterocycles. The van der Waals surface area contributed by atoms with Crippen LogP contribution in [0.2, 0.25) is 0 Å². The van der Waals surface area contributed by atoms with Crippen LogP contribution in [0.3, 0.4) is 0 Å². The van der Waals surface area contributed by atoms with E-state index in [2.05, 4.69) is 4.72 Å². The molecular weight excluding hydrogens is 382 g/mol. The van der Waals surface area contributed by atoms with Gasteiger partial charge in [-0.25, -0.2) is 13.1 Å². The van der Waals surface area contributed by atoms with E-state index >= 15 is 0 Å². The van der Waals surface area contributed by atoms with Gasteiger partial charge in [0.15, 0.2) is 0 Å². The zero-order valence-electron chi connectivity index (χ0n) is 15.6. The van der Waals surface area contributed by atoms with E-state index in [1.165, 1.54) is 11.3 Å². The lowest BCUT2D eigenvalue weighted by Crippen LogP contribution is -2.45. The molecule has 2 saturated carbocycles. The third-order valence-corrected chi connectivity index (χ3v) is 9.40. The van der Waals surface area contributed by atoms with Gasteiger partial charge in [0.2, 0.25) is 10.0 Å². The number of thiophene rings is 1. The highest BCUT2D eigenvalue weighted by Gasteiger charge is 2.65. The first-order valence-electron chi connectivity index (χ1n) is 9.31. The summed E-state index contributed by atoms with van der Waals surface area (Å²) in [7, 11) is -3.68. The normalized spacial score (nSPS) is 28.1. The molecule has 2 bridgehead atoms. The Morgan fingerprint density at radius 2 is 2.07 bits per heavy atom. The Morgan fingerprint density at radius 1 is 1.33 bits per heavy atom. The Labute approximate surface area is 163 Å². The van der Waals surface area contributed by atoms with Crippen LogP contribution < -0.4 is 4.72 Å². The number of carbonyl (C=O) groups is 1. The topological polar surface area (TPSA) is 83.5 Å². The molecule has 2 N–H and O–H groups in total. The Balaban J connectivity index is 1.49. The highest BCUT2D eigenvalue weighted by Crippen LogP contribution is 2.64. The lowest BCUT2D eigenvalue weighted by molar-refractivity contribution is -0.128. The summed E-state index contributed by atoms with van der Waals surface area (Å²) in [5.74, 6) is 0.181. The maximum Gasteiger partial charge on any atom is 0.212 e. The van der Waals surface area contributed by atoms with Gasteiger partial charge in [-0.2, -0.15) is 0 Å². The lowest BCUT2D eigenvalue weighted by Gasteiger charge is -2.36. The third-order valence-electron chi connectivity index (χ3n) is 6.94. The fourth-order valence-corrected chi connectivity index (χ4v) is 7.90. The van der Waals surface area contributed by atoms with Gasteiger partial charge >= 0.3 is 0 Å². The van der Waals surface area contributed by atoms with Crippen LogP contribution in [0.5, 0.6) is 0 Å². The van der Waals surface area contributed by atoms with Crippen molar-refractivity contribution in [2.24, 2.45) is 16.7 Å². The van der Waals surface area contributed by atoms with E-state index in [0.717, 1.165) is 22.1 Å². The summed E-state index contributed by atoms with van der Waals surface area (Å²) >= 11 is 1.53. The molecule has 0 spiro atoms. The number of nitrogens with one attached hydrogen (secondary N) is 1. The van der Waals surface area contributed by atoms with Gasteiger partial charge in [-0.1, -0.05) is 32.0 Å². The van der Waals surface area contributed by atoms with Gasteiger partial charge in [-0.15, -0.1) is 11.3 Å². The van der Waals surface area contributed by atoms with E-state index in [4.69, 9.17) is 0 Å². The maximum atomic E-state index is 12.8. The lowest BCUT2D eigenvalue weighted by atomic mass is 9.70. The summed E-state index contributed by atoms with van der Waals surface area (Å²) in [5, 5.41) is 13.3. The fraction of sp³-hybridized carbons (Fsp3) is 0.550. The average Bonchev–Trinajstić information content (AvgIpc) is 3.19. The van der Waals surface area contributed by atoms with Crippen LogP contribution in [-0.4, -0.2) is 31.6 Å². The van der Waals surface area contributed by atoms with Crippen LogP contribution in [0, 0.1) is 16.7 Å². The minimum absolute atomic E-state index is 0.0819. The van der Waals surface area contributed by atoms with Crippen molar-refractivity contribution in [1.29, 1.82) is 0 Å². The quantitative estimate of drug-likeness (QED) is 0.770. The highest BCUT2D eigenvalue weighted by atomic mass is 32.2. The number of rotatable bonds is 6. The molecule has 0 radical (unpaired) electrons. The minimum Gasteiger partial charge on any atom is -0.387 e. The number of benzene rings is 1. The van der Waals surface area contributed by atoms with Gasteiger partial charge in [-0.3, -0.25) is 4.79 Å². The molecule has 1 aromatic carbocycles.